The molecular weight excluding hydrogens is 389 g/mol. The maximum absolute atomic E-state index is 12.8. The lowest BCUT2D eigenvalue weighted by atomic mass is 10.2. The molecule has 0 aliphatic rings. The molecule has 0 radical (unpaired) electrons. The van der Waals surface area contributed by atoms with Crippen molar-refractivity contribution in [2.24, 2.45) is 0 Å². The number of alkyl halides is 3. The first-order valence-electron chi connectivity index (χ1n) is 7.97. The molecule has 1 aromatic carbocycles. The van der Waals surface area contributed by atoms with E-state index >= 15 is 0 Å². The van der Waals surface area contributed by atoms with Gasteiger partial charge in [0.15, 0.2) is 5.16 Å². The van der Waals surface area contributed by atoms with Gasteiger partial charge in [0.2, 0.25) is 5.91 Å². The molecule has 2 rings (SSSR count). The van der Waals surface area contributed by atoms with Crippen LogP contribution in [0.2, 0.25) is 5.02 Å². The Labute approximate surface area is 158 Å². The van der Waals surface area contributed by atoms with Crippen molar-refractivity contribution in [1.29, 1.82) is 0 Å². The highest BCUT2D eigenvalue weighted by molar-refractivity contribution is 7.99. The molecule has 10 heteroatoms. The summed E-state index contributed by atoms with van der Waals surface area (Å²) in [5.41, 5.74) is -0.948. The molecule has 0 saturated carbocycles. The largest absolute Gasteiger partial charge is 0.416 e. The second-order valence-electron chi connectivity index (χ2n) is 5.43. The summed E-state index contributed by atoms with van der Waals surface area (Å²) in [6.45, 7) is 4.72. The molecule has 0 atom stereocenters. The molecule has 26 heavy (non-hydrogen) atoms. The minimum absolute atomic E-state index is 0.0157. The van der Waals surface area contributed by atoms with Gasteiger partial charge in [0.1, 0.15) is 5.82 Å². The maximum Gasteiger partial charge on any atom is 0.416 e. The second kappa shape index (κ2) is 8.77. The van der Waals surface area contributed by atoms with E-state index in [4.69, 9.17) is 11.6 Å². The standard InChI is InChI=1S/C16H18ClF3N4OS/c1-3-7-24-13(4-2)22-23-15(24)26-9-14(25)21-12-8-10(16(18,19)20)5-6-11(12)17/h5-6,8H,3-4,7,9H2,1-2H3,(H,21,25). The number of carbonyl (C=O) groups is 1. The van der Waals surface area contributed by atoms with Gasteiger partial charge < -0.3 is 9.88 Å². The van der Waals surface area contributed by atoms with E-state index in [2.05, 4.69) is 15.5 Å². The number of aryl methyl sites for hydroxylation is 1. The van der Waals surface area contributed by atoms with E-state index in [1.54, 1.807) is 0 Å². The van der Waals surface area contributed by atoms with Gasteiger partial charge in [-0.3, -0.25) is 4.79 Å². The third kappa shape index (κ3) is 5.14. The second-order valence-corrected chi connectivity index (χ2v) is 6.78. The first kappa shape index (κ1) is 20.6. The highest BCUT2D eigenvalue weighted by Gasteiger charge is 2.31. The van der Waals surface area contributed by atoms with Gasteiger partial charge in [-0.15, -0.1) is 10.2 Å². The Kier molecular flexibility index (Phi) is 6.94. The van der Waals surface area contributed by atoms with Crippen molar-refractivity contribution >= 4 is 35.0 Å². The molecule has 1 heterocycles. The maximum atomic E-state index is 12.8. The number of amides is 1. The van der Waals surface area contributed by atoms with Gasteiger partial charge >= 0.3 is 6.18 Å². The van der Waals surface area contributed by atoms with Gasteiger partial charge in [-0.25, -0.2) is 0 Å². The Morgan fingerprint density at radius 1 is 1.31 bits per heavy atom. The zero-order chi connectivity index (χ0) is 19.3. The average Bonchev–Trinajstić information content (AvgIpc) is 2.96. The molecule has 0 aliphatic heterocycles. The van der Waals surface area contributed by atoms with Crippen molar-refractivity contribution in [2.75, 3.05) is 11.1 Å². The molecule has 2 aromatic rings. The summed E-state index contributed by atoms with van der Waals surface area (Å²) < 4.78 is 40.3. The molecule has 0 aliphatic carbocycles. The fourth-order valence-electron chi connectivity index (χ4n) is 2.25. The highest BCUT2D eigenvalue weighted by Crippen LogP contribution is 2.34. The number of carbonyl (C=O) groups excluding carboxylic acids is 1. The van der Waals surface area contributed by atoms with Crippen LogP contribution in [0.5, 0.6) is 0 Å². The first-order chi connectivity index (χ1) is 12.3. The Bertz CT molecular complexity index is 779. The van der Waals surface area contributed by atoms with Crippen LogP contribution in [0.4, 0.5) is 18.9 Å². The number of rotatable bonds is 7. The number of hydrogen-bond donors (Lipinski definition) is 1. The van der Waals surface area contributed by atoms with Crippen molar-refractivity contribution in [1.82, 2.24) is 14.8 Å². The molecule has 1 amide bonds. The molecule has 0 fully saturated rings. The van der Waals surface area contributed by atoms with Crippen LogP contribution in [0.1, 0.15) is 31.7 Å². The fraction of sp³-hybridized carbons (Fsp3) is 0.438. The van der Waals surface area contributed by atoms with E-state index in [9.17, 15) is 18.0 Å². The number of thioether (sulfide) groups is 1. The van der Waals surface area contributed by atoms with Crippen molar-refractivity contribution < 1.29 is 18.0 Å². The number of nitrogens with one attached hydrogen (secondary N) is 1. The molecule has 0 bridgehead atoms. The number of aromatic nitrogens is 3. The SMILES string of the molecule is CCCn1c(CC)nnc1SCC(=O)Nc1cc(C(F)(F)F)ccc1Cl. The van der Waals surface area contributed by atoms with Gasteiger partial charge in [-0.05, 0) is 24.6 Å². The quantitative estimate of drug-likeness (QED) is 0.680. The third-order valence-electron chi connectivity index (χ3n) is 3.46. The number of halogens is 4. The van der Waals surface area contributed by atoms with Crippen LogP contribution in [0, 0.1) is 0 Å². The molecule has 0 saturated heterocycles. The predicted octanol–water partition coefficient (Wildman–Crippen LogP) is 4.65. The normalized spacial score (nSPS) is 11.6. The summed E-state index contributed by atoms with van der Waals surface area (Å²) in [7, 11) is 0. The Morgan fingerprint density at radius 3 is 2.65 bits per heavy atom. The number of benzene rings is 1. The van der Waals surface area contributed by atoms with Crippen LogP contribution in [0.25, 0.3) is 0 Å². The van der Waals surface area contributed by atoms with Gasteiger partial charge in [-0.2, -0.15) is 13.2 Å². The van der Waals surface area contributed by atoms with Crippen LogP contribution in [0.3, 0.4) is 0 Å². The van der Waals surface area contributed by atoms with Gasteiger partial charge in [0, 0.05) is 13.0 Å². The molecular formula is C16H18ClF3N4OS. The van der Waals surface area contributed by atoms with Crippen LogP contribution in [-0.4, -0.2) is 26.4 Å². The predicted molar refractivity (Wildman–Crippen MR) is 95.5 cm³/mol. The number of hydrogen-bond acceptors (Lipinski definition) is 4. The lowest BCUT2D eigenvalue weighted by Gasteiger charge is -2.12. The zero-order valence-corrected chi connectivity index (χ0v) is 15.8. The zero-order valence-electron chi connectivity index (χ0n) is 14.2. The van der Waals surface area contributed by atoms with Crippen LogP contribution >= 0.6 is 23.4 Å². The van der Waals surface area contributed by atoms with Crippen molar-refractivity contribution in [3.63, 3.8) is 0 Å². The Hall–Kier alpha value is -1.74. The molecule has 1 N–H and O–H groups in total. The molecule has 1 aromatic heterocycles. The summed E-state index contributed by atoms with van der Waals surface area (Å²) >= 11 is 7.06. The first-order valence-corrected chi connectivity index (χ1v) is 9.34. The highest BCUT2D eigenvalue weighted by atomic mass is 35.5. The Morgan fingerprint density at radius 2 is 2.04 bits per heavy atom. The van der Waals surface area contributed by atoms with E-state index in [-0.39, 0.29) is 16.5 Å². The monoisotopic (exact) mass is 406 g/mol. The van der Waals surface area contributed by atoms with E-state index < -0.39 is 17.6 Å². The number of nitrogens with zero attached hydrogens (tertiary/aromatic N) is 3. The lowest BCUT2D eigenvalue weighted by Crippen LogP contribution is -2.16. The average molecular weight is 407 g/mol. The summed E-state index contributed by atoms with van der Waals surface area (Å²) in [5, 5.41) is 11.2. The smallest absolute Gasteiger partial charge is 0.324 e. The Balaban J connectivity index is 2.05. The molecule has 5 nitrogen and oxygen atoms in total. The summed E-state index contributed by atoms with van der Waals surface area (Å²) in [5.74, 6) is 0.342. The van der Waals surface area contributed by atoms with Gasteiger partial charge in [0.05, 0.1) is 22.0 Å². The van der Waals surface area contributed by atoms with E-state index in [0.29, 0.717) is 5.16 Å². The van der Waals surface area contributed by atoms with Crippen molar-refractivity contribution in [3.8, 4) is 0 Å². The fourth-order valence-corrected chi connectivity index (χ4v) is 3.20. The van der Waals surface area contributed by atoms with E-state index in [0.717, 1.165) is 43.4 Å². The molecule has 142 valence electrons. The summed E-state index contributed by atoms with van der Waals surface area (Å²) in [4.78, 5) is 12.1. The van der Waals surface area contributed by atoms with Crippen LogP contribution in [0.15, 0.2) is 23.4 Å². The summed E-state index contributed by atoms with van der Waals surface area (Å²) in [6, 6.07) is 2.80. The van der Waals surface area contributed by atoms with Crippen LogP contribution in [-0.2, 0) is 23.9 Å². The minimum Gasteiger partial charge on any atom is -0.324 e. The van der Waals surface area contributed by atoms with E-state index in [1.807, 2.05) is 18.4 Å². The van der Waals surface area contributed by atoms with Crippen molar-refractivity contribution in [3.05, 3.63) is 34.6 Å². The van der Waals surface area contributed by atoms with Crippen molar-refractivity contribution in [2.45, 2.75) is 44.6 Å². The third-order valence-corrected chi connectivity index (χ3v) is 4.75. The van der Waals surface area contributed by atoms with Crippen LogP contribution < -0.4 is 5.32 Å². The van der Waals surface area contributed by atoms with Gasteiger partial charge in [0.25, 0.3) is 0 Å². The summed E-state index contributed by atoms with van der Waals surface area (Å²) in [6.07, 6.45) is -2.89. The minimum atomic E-state index is -4.51. The molecule has 0 unspecified atom stereocenters. The topological polar surface area (TPSA) is 59.8 Å². The van der Waals surface area contributed by atoms with Gasteiger partial charge in [-0.1, -0.05) is 37.2 Å². The molecule has 0 spiro atoms. The lowest BCUT2D eigenvalue weighted by molar-refractivity contribution is -0.137. The number of anilines is 1. The van der Waals surface area contributed by atoms with E-state index in [1.165, 1.54) is 11.8 Å².